The van der Waals surface area contributed by atoms with E-state index in [0.29, 0.717) is 11.6 Å². The molecule has 2 N–H and O–H groups in total. The van der Waals surface area contributed by atoms with Crippen molar-refractivity contribution in [1.82, 2.24) is 24.8 Å². The maximum atomic E-state index is 12.7. The normalized spacial score (nSPS) is 16.0. The molecule has 1 amide bonds. The highest BCUT2D eigenvalue weighted by atomic mass is 16.2. The largest absolute Gasteiger partial charge is 0.345 e. The molecule has 2 heterocycles. The van der Waals surface area contributed by atoms with Crippen molar-refractivity contribution in [2.75, 3.05) is 0 Å². The molecule has 1 aliphatic rings. The van der Waals surface area contributed by atoms with Crippen LogP contribution in [0.4, 0.5) is 0 Å². The zero-order chi connectivity index (χ0) is 17.5. The van der Waals surface area contributed by atoms with E-state index in [4.69, 9.17) is 0 Å². The average Bonchev–Trinajstić information content (AvgIpc) is 3.25. The Labute approximate surface area is 140 Å². The van der Waals surface area contributed by atoms with Gasteiger partial charge >= 0.3 is 5.69 Å². The Morgan fingerprint density at radius 1 is 1.42 bits per heavy atom. The monoisotopic (exact) mass is 329 g/mol. The molecule has 0 unspecified atom stereocenters. The number of carbonyl (C=O) groups excluding carboxylic acids is 1. The number of aromatic amines is 1. The second-order valence-corrected chi connectivity index (χ2v) is 7.42. The van der Waals surface area contributed by atoms with Crippen LogP contribution in [-0.2, 0) is 12.5 Å². The molecule has 1 atom stereocenters. The van der Waals surface area contributed by atoms with Gasteiger partial charge in [-0.05, 0) is 24.8 Å². The summed E-state index contributed by atoms with van der Waals surface area (Å²) in [6.07, 6.45) is 5.71. The SMILES string of the molecule is Cn1ccnc1[C@H](NC(=O)c1cc(C(C)(C)C)[nH]c(=O)n1)C1CC1. The maximum absolute atomic E-state index is 12.7. The predicted octanol–water partition coefficient (Wildman–Crippen LogP) is 1.68. The van der Waals surface area contributed by atoms with Crippen molar-refractivity contribution >= 4 is 5.91 Å². The summed E-state index contributed by atoms with van der Waals surface area (Å²) in [5.74, 6) is 0.873. The highest BCUT2D eigenvalue weighted by Crippen LogP contribution is 2.40. The Bertz CT molecular complexity index is 811. The van der Waals surface area contributed by atoms with Gasteiger partial charge in [0.25, 0.3) is 5.91 Å². The number of aromatic nitrogens is 4. The van der Waals surface area contributed by atoms with Gasteiger partial charge in [-0.3, -0.25) is 4.79 Å². The second kappa shape index (κ2) is 5.89. The van der Waals surface area contributed by atoms with Gasteiger partial charge in [-0.25, -0.2) is 9.78 Å². The first kappa shape index (κ1) is 16.4. The highest BCUT2D eigenvalue weighted by molar-refractivity contribution is 5.92. The molecule has 128 valence electrons. The molecule has 1 fully saturated rings. The lowest BCUT2D eigenvalue weighted by Crippen LogP contribution is -2.34. The van der Waals surface area contributed by atoms with Crippen LogP contribution in [0.25, 0.3) is 0 Å². The molecule has 0 radical (unpaired) electrons. The van der Waals surface area contributed by atoms with Gasteiger partial charge in [0.05, 0.1) is 6.04 Å². The Morgan fingerprint density at radius 3 is 2.67 bits per heavy atom. The first-order chi connectivity index (χ1) is 11.3. The standard InChI is InChI=1S/C17H23N5O2/c1-17(2,3)12-9-11(19-16(24)20-12)15(23)21-13(10-5-6-10)14-18-7-8-22(14)4/h7-10,13H,5-6H2,1-4H3,(H,21,23)(H,19,20,24)/t13-/m1/s1. The number of aryl methyl sites for hydroxylation is 1. The molecular weight excluding hydrogens is 306 g/mol. The Hall–Kier alpha value is -2.44. The third-order valence-corrected chi connectivity index (χ3v) is 4.30. The van der Waals surface area contributed by atoms with Crippen molar-refractivity contribution in [1.29, 1.82) is 0 Å². The Kier molecular flexibility index (Phi) is 4.03. The van der Waals surface area contributed by atoms with Crippen LogP contribution >= 0.6 is 0 Å². The van der Waals surface area contributed by atoms with E-state index in [1.807, 2.05) is 38.6 Å². The number of nitrogens with zero attached hydrogens (tertiary/aromatic N) is 3. The molecule has 0 aromatic carbocycles. The van der Waals surface area contributed by atoms with Gasteiger partial charge in [0, 0.05) is 30.6 Å². The Balaban J connectivity index is 1.88. The molecule has 2 aromatic heterocycles. The van der Waals surface area contributed by atoms with Crippen LogP contribution in [0.2, 0.25) is 0 Å². The fourth-order valence-electron chi connectivity index (χ4n) is 2.69. The summed E-state index contributed by atoms with van der Waals surface area (Å²) in [7, 11) is 1.91. The van der Waals surface area contributed by atoms with Crippen molar-refractivity contribution < 1.29 is 4.79 Å². The summed E-state index contributed by atoms with van der Waals surface area (Å²) in [5, 5.41) is 3.01. The molecule has 7 heteroatoms. The van der Waals surface area contributed by atoms with Crippen LogP contribution in [-0.4, -0.2) is 25.4 Å². The predicted molar refractivity (Wildman–Crippen MR) is 89.7 cm³/mol. The van der Waals surface area contributed by atoms with Gasteiger partial charge in [-0.1, -0.05) is 20.8 Å². The van der Waals surface area contributed by atoms with Crippen LogP contribution in [0.15, 0.2) is 23.3 Å². The van der Waals surface area contributed by atoms with Crippen LogP contribution in [0.5, 0.6) is 0 Å². The number of hydrogen-bond donors (Lipinski definition) is 2. The van der Waals surface area contributed by atoms with Crippen molar-refractivity contribution in [2.45, 2.75) is 45.1 Å². The van der Waals surface area contributed by atoms with E-state index in [1.54, 1.807) is 12.3 Å². The van der Waals surface area contributed by atoms with Crippen molar-refractivity contribution in [2.24, 2.45) is 13.0 Å². The summed E-state index contributed by atoms with van der Waals surface area (Å²) in [6.45, 7) is 5.92. The van der Waals surface area contributed by atoms with Gasteiger partial charge in [-0.2, -0.15) is 4.98 Å². The molecule has 1 aliphatic carbocycles. The smallest absolute Gasteiger partial charge is 0.340 e. The van der Waals surface area contributed by atoms with E-state index in [1.165, 1.54) is 0 Å². The van der Waals surface area contributed by atoms with Crippen molar-refractivity contribution in [3.05, 3.63) is 46.2 Å². The molecular formula is C17H23N5O2. The molecule has 0 aliphatic heterocycles. The van der Waals surface area contributed by atoms with Crippen molar-refractivity contribution in [3.8, 4) is 0 Å². The number of imidazole rings is 1. The van der Waals surface area contributed by atoms with E-state index >= 15 is 0 Å². The van der Waals surface area contributed by atoms with E-state index in [9.17, 15) is 9.59 Å². The third-order valence-electron chi connectivity index (χ3n) is 4.30. The molecule has 24 heavy (non-hydrogen) atoms. The van der Waals surface area contributed by atoms with E-state index < -0.39 is 5.69 Å². The number of nitrogens with one attached hydrogen (secondary N) is 2. The number of hydrogen-bond acceptors (Lipinski definition) is 4. The zero-order valence-corrected chi connectivity index (χ0v) is 14.5. The number of amides is 1. The number of carbonyl (C=O) groups is 1. The maximum Gasteiger partial charge on any atom is 0.345 e. The highest BCUT2D eigenvalue weighted by Gasteiger charge is 2.36. The summed E-state index contributed by atoms with van der Waals surface area (Å²) < 4.78 is 1.91. The van der Waals surface area contributed by atoms with Crippen LogP contribution < -0.4 is 11.0 Å². The van der Waals surface area contributed by atoms with Crippen LogP contribution in [0.1, 0.15) is 61.7 Å². The number of H-pyrrole nitrogens is 1. The lowest BCUT2D eigenvalue weighted by atomic mass is 9.91. The minimum absolute atomic E-state index is 0.142. The molecule has 0 saturated heterocycles. The molecule has 0 spiro atoms. The van der Waals surface area contributed by atoms with E-state index in [-0.39, 0.29) is 23.1 Å². The minimum atomic E-state index is -0.507. The van der Waals surface area contributed by atoms with Gasteiger partial charge in [0.1, 0.15) is 11.5 Å². The van der Waals surface area contributed by atoms with Crippen molar-refractivity contribution in [3.63, 3.8) is 0 Å². The Morgan fingerprint density at radius 2 is 2.12 bits per heavy atom. The number of rotatable bonds is 4. The summed E-state index contributed by atoms with van der Waals surface area (Å²) in [6, 6.07) is 1.50. The topological polar surface area (TPSA) is 92.7 Å². The average molecular weight is 329 g/mol. The summed E-state index contributed by atoms with van der Waals surface area (Å²) in [4.78, 5) is 35.4. The van der Waals surface area contributed by atoms with Crippen LogP contribution in [0, 0.1) is 5.92 Å². The molecule has 2 aromatic rings. The van der Waals surface area contributed by atoms with Gasteiger partial charge in [0.2, 0.25) is 0 Å². The zero-order valence-electron chi connectivity index (χ0n) is 14.5. The minimum Gasteiger partial charge on any atom is -0.340 e. The summed E-state index contributed by atoms with van der Waals surface area (Å²) >= 11 is 0. The molecule has 1 saturated carbocycles. The molecule has 3 rings (SSSR count). The van der Waals surface area contributed by atoms with E-state index in [0.717, 1.165) is 18.7 Å². The van der Waals surface area contributed by atoms with Gasteiger partial charge < -0.3 is 14.9 Å². The quantitative estimate of drug-likeness (QED) is 0.892. The van der Waals surface area contributed by atoms with Gasteiger partial charge in [-0.15, -0.1) is 0 Å². The second-order valence-electron chi connectivity index (χ2n) is 7.42. The van der Waals surface area contributed by atoms with Gasteiger partial charge in [0.15, 0.2) is 0 Å². The molecule has 7 nitrogen and oxygen atoms in total. The molecule has 0 bridgehead atoms. The first-order valence-electron chi connectivity index (χ1n) is 8.15. The van der Waals surface area contributed by atoms with E-state index in [2.05, 4.69) is 20.3 Å². The third kappa shape index (κ3) is 3.39. The first-order valence-corrected chi connectivity index (χ1v) is 8.15. The lowest BCUT2D eigenvalue weighted by Gasteiger charge is -2.20. The van der Waals surface area contributed by atoms with Crippen LogP contribution in [0.3, 0.4) is 0 Å². The lowest BCUT2D eigenvalue weighted by molar-refractivity contribution is 0.0923. The fourth-order valence-corrected chi connectivity index (χ4v) is 2.69. The fraction of sp³-hybridized carbons (Fsp3) is 0.529. The summed E-state index contributed by atoms with van der Waals surface area (Å²) in [5.41, 5.74) is 0.0517.